The molecule has 9 nitrogen and oxygen atoms in total. The summed E-state index contributed by atoms with van der Waals surface area (Å²) in [6.45, 7) is 7.60. The van der Waals surface area contributed by atoms with Crippen molar-refractivity contribution in [2.24, 2.45) is 0 Å². The second-order valence-corrected chi connectivity index (χ2v) is 9.21. The van der Waals surface area contributed by atoms with Gasteiger partial charge >= 0.3 is 5.97 Å². The molecule has 174 valence electrons. The van der Waals surface area contributed by atoms with Crippen LogP contribution in [0.5, 0.6) is 0 Å². The molecule has 0 atom stereocenters. The Morgan fingerprint density at radius 2 is 1.79 bits per heavy atom. The number of benzene rings is 1. The van der Waals surface area contributed by atoms with Crippen LogP contribution >= 0.6 is 11.3 Å². The highest BCUT2D eigenvalue weighted by atomic mass is 32.1. The Morgan fingerprint density at radius 1 is 1.12 bits per heavy atom. The number of aromatic amines is 1. The van der Waals surface area contributed by atoms with Crippen LogP contribution in [-0.2, 0) is 16.1 Å². The lowest BCUT2D eigenvalue weighted by molar-refractivity contribution is -0.117. The number of methoxy groups -OCH3 is 1. The molecule has 1 saturated heterocycles. The Labute approximate surface area is 195 Å². The molecular weight excluding hydrogens is 442 g/mol. The Bertz CT molecular complexity index is 1230. The average molecular weight is 470 g/mol. The smallest absolute Gasteiger partial charge is 0.348 e. The van der Waals surface area contributed by atoms with Crippen molar-refractivity contribution in [2.45, 2.75) is 20.4 Å². The van der Waals surface area contributed by atoms with Gasteiger partial charge in [-0.3, -0.25) is 19.4 Å². The first-order valence-electron chi connectivity index (χ1n) is 10.8. The summed E-state index contributed by atoms with van der Waals surface area (Å²) in [4.78, 5) is 49.6. The number of carbonyl (C=O) groups is 2. The van der Waals surface area contributed by atoms with Gasteiger partial charge < -0.3 is 15.0 Å². The van der Waals surface area contributed by atoms with Crippen LogP contribution in [0.4, 0.5) is 5.69 Å². The number of esters is 1. The quantitative estimate of drug-likeness (QED) is 0.533. The monoisotopic (exact) mass is 469 g/mol. The molecule has 1 aliphatic heterocycles. The van der Waals surface area contributed by atoms with Gasteiger partial charge in [0.05, 0.1) is 25.6 Å². The molecule has 0 saturated carbocycles. The van der Waals surface area contributed by atoms with Gasteiger partial charge in [-0.25, -0.2) is 9.78 Å². The molecule has 0 aliphatic carbocycles. The number of amides is 1. The number of hydrogen-bond acceptors (Lipinski definition) is 8. The number of nitrogens with zero attached hydrogens (tertiary/aromatic N) is 3. The fourth-order valence-electron chi connectivity index (χ4n) is 3.91. The summed E-state index contributed by atoms with van der Waals surface area (Å²) in [5.74, 6) is 0.0768. The standard InChI is InChI=1S/C23H27N5O4S/c1-14-4-6-16(7-5-14)24-18(29)13-28-10-8-27(9-11-28)12-17-25-21(30)19-15(2)20(23(31)32-3)33-22(19)26-17/h4-7H,8-13H2,1-3H3,(H,24,29)(H,25,26,30). The van der Waals surface area contributed by atoms with E-state index >= 15 is 0 Å². The minimum Gasteiger partial charge on any atom is -0.465 e. The topological polar surface area (TPSA) is 108 Å². The fraction of sp³-hybridized carbons (Fsp3) is 0.391. The molecule has 1 fully saturated rings. The first-order valence-corrected chi connectivity index (χ1v) is 11.6. The molecular formula is C23H27N5O4S. The van der Waals surface area contributed by atoms with Crippen molar-refractivity contribution in [1.82, 2.24) is 19.8 Å². The second kappa shape index (κ2) is 9.82. The van der Waals surface area contributed by atoms with Crippen LogP contribution in [0.15, 0.2) is 29.1 Å². The van der Waals surface area contributed by atoms with E-state index in [1.807, 2.05) is 31.2 Å². The average Bonchev–Trinajstić information content (AvgIpc) is 3.13. The Balaban J connectivity index is 1.34. The van der Waals surface area contributed by atoms with Gasteiger partial charge in [-0.15, -0.1) is 11.3 Å². The van der Waals surface area contributed by atoms with Gasteiger partial charge in [-0.2, -0.15) is 0 Å². The third-order valence-corrected chi connectivity index (χ3v) is 6.93. The normalized spacial score (nSPS) is 15.0. The first-order chi connectivity index (χ1) is 15.8. The van der Waals surface area contributed by atoms with E-state index in [1.165, 1.54) is 18.4 Å². The zero-order chi connectivity index (χ0) is 23.5. The summed E-state index contributed by atoms with van der Waals surface area (Å²) in [5, 5.41) is 3.37. The Kier molecular flexibility index (Phi) is 6.87. The summed E-state index contributed by atoms with van der Waals surface area (Å²) in [6.07, 6.45) is 0. The van der Waals surface area contributed by atoms with Crippen LogP contribution in [-0.4, -0.2) is 71.5 Å². The van der Waals surface area contributed by atoms with Gasteiger partial charge in [0.15, 0.2) is 0 Å². The molecule has 0 spiro atoms. The summed E-state index contributed by atoms with van der Waals surface area (Å²) in [6, 6.07) is 7.74. The number of aromatic nitrogens is 2. The van der Waals surface area contributed by atoms with E-state index < -0.39 is 5.97 Å². The number of ether oxygens (including phenoxy) is 1. The number of nitrogens with one attached hydrogen (secondary N) is 2. The molecule has 1 aromatic carbocycles. The minimum absolute atomic E-state index is 0.0294. The molecule has 1 amide bonds. The molecule has 33 heavy (non-hydrogen) atoms. The lowest BCUT2D eigenvalue weighted by atomic mass is 10.2. The van der Waals surface area contributed by atoms with Crippen molar-refractivity contribution in [3.63, 3.8) is 0 Å². The van der Waals surface area contributed by atoms with Gasteiger partial charge in [0.2, 0.25) is 5.91 Å². The fourth-order valence-corrected chi connectivity index (χ4v) is 5.03. The van der Waals surface area contributed by atoms with Crippen LogP contribution in [0.1, 0.15) is 26.6 Å². The Hall–Kier alpha value is -3.08. The SMILES string of the molecule is COC(=O)c1sc2nc(CN3CCN(CC(=O)Nc4ccc(C)cc4)CC3)[nH]c(=O)c2c1C. The van der Waals surface area contributed by atoms with Crippen molar-refractivity contribution in [1.29, 1.82) is 0 Å². The van der Waals surface area contributed by atoms with E-state index in [9.17, 15) is 14.4 Å². The summed E-state index contributed by atoms with van der Waals surface area (Å²) >= 11 is 1.18. The van der Waals surface area contributed by atoms with Gasteiger partial charge in [0.1, 0.15) is 15.5 Å². The molecule has 1 aliphatic rings. The number of fused-ring (bicyclic) bond motifs is 1. The van der Waals surface area contributed by atoms with Crippen molar-refractivity contribution in [3.8, 4) is 0 Å². The maximum atomic E-state index is 12.6. The van der Waals surface area contributed by atoms with Crippen molar-refractivity contribution < 1.29 is 14.3 Å². The second-order valence-electron chi connectivity index (χ2n) is 8.21. The van der Waals surface area contributed by atoms with Crippen molar-refractivity contribution in [2.75, 3.05) is 45.2 Å². The number of rotatable bonds is 6. The maximum absolute atomic E-state index is 12.6. The molecule has 2 N–H and O–H groups in total. The van der Waals surface area contributed by atoms with Crippen LogP contribution in [0.3, 0.4) is 0 Å². The summed E-state index contributed by atoms with van der Waals surface area (Å²) < 4.78 is 4.80. The van der Waals surface area contributed by atoms with Gasteiger partial charge in [0, 0.05) is 31.9 Å². The lowest BCUT2D eigenvalue weighted by Crippen LogP contribution is -2.48. The highest BCUT2D eigenvalue weighted by molar-refractivity contribution is 7.20. The minimum atomic E-state index is -0.459. The number of H-pyrrole nitrogens is 1. The van der Waals surface area contributed by atoms with Gasteiger partial charge in [0.25, 0.3) is 5.56 Å². The van der Waals surface area contributed by atoms with E-state index in [4.69, 9.17) is 4.74 Å². The van der Waals surface area contributed by atoms with Crippen LogP contribution in [0.2, 0.25) is 0 Å². The van der Waals surface area contributed by atoms with Gasteiger partial charge in [-0.1, -0.05) is 17.7 Å². The van der Waals surface area contributed by atoms with E-state index in [2.05, 4.69) is 25.1 Å². The predicted octanol–water partition coefficient (Wildman–Crippen LogP) is 2.14. The molecule has 3 heterocycles. The molecule has 3 aromatic rings. The number of carbonyl (C=O) groups excluding carboxylic acids is 2. The maximum Gasteiger partial charge on any atom is 0.348 e. The third kappa shape index (κ3) is 5.29. The van der Waals surface area contributed by atoms with Crippen molar-refractivity contribution in [3.05, 3.63) is 56.4 Å². The number of anilines is 1. The molecule has 4 rings (SSSR count). The zero-order valence-corrected chi connectivity index (χ0v) is 19.8. The molecule has 10 heteroatoms. The number of hydrogen-bond donors (Lipinski definition) is 2. The first kappa shape index (κ1) is 23.1. The number of aryl methyl sites for hydroxylation is 2. The van der Waals surface area contributed by atoms with Crippen LogP contribution < -0.4 is 10.9 Å². The highest BCUT2D eigenvalue weighted by Gasteiger charge is 2.22. The van der Waals surface area contributed by atoms with Crippen LogP contribution in [0, 0.1) is 13.8 Å². The molecule has 0 unspecified atom stereocenters. The molecule has 2 aromatic heterocycles. The van der Waals surface area contributed by atoms with E-state index in [0.717, 1.165) is 37.4 Å². The Morgan fingerprint density at radius 3 is 2.45 bits per heavy atom. The molecule has 0 bridgehead atoms. The number of piperazine rings is 1. The highest BCUT2D eigenvalue weighted by Crippen LogP contribution is 2.27. The van der Waals surface area contributed by atoms with Crippen LogP contribution in [0.25, 0.3) is 10.2 Å². The number of thiophene rings is 1. The molecule has 0 radical (unpaired) electrons. The summed E-state index contributed by atoms with van der Waals surface area (Å²) in [5.41, 5.74) is 2.30. The third-order valence-electron chi connectivity index (χ3n) is 5.76. The van der Waals surface area contributed by atoms with Gasteiger partial charge in [-0.05, 0) is 31.5 Å². The van der Waals surface area contributed by atoms with Crippen molar-refractivity contribution >= 4 is 39.1 Å². The van der Waals surface area contributed by atoms with E-state index in [1.54, 1.807) is 6.92 Å². The summed E-state index contributed by atoms with van der Waals surface area (Å²) in [7, 11) is 1.32. The largest absolute Gasteiger partial charge is 0.465 e. The predicted molar refractivity (Wildman–Crippen MR) is 128 cm³/mol. The van der Waals surface area contributed by atoms with E-state index in [0.29, 0.717) is 39.6 Å². The zero-order valence-electron chi connectivity index (χ0n) is 18.9. The van der Waals surface area contributed by atoms with E-state index in [-0.39, 0.29) is 11.5 Å². The lowest BCUT2D eigenvalue weighted by Gasteiger charge is -2.33.